The quantitative estimate of drug-likeness (QED) is 0.307. The van der Waals surface area contributed by atoms with E-state index in [4.69, 9.17) is 10.5 Å². The molecular weight excluding hydrogens is 434 g/mol. The Balaban J connectivity index is 1.79. The van der Waals surface area contributed by atoms with Crippen molar-refractivity contribution < 1.29 is 14.6 Å². The van der Waals surface area contributed by atoms with Gasteiger partial charge in [-0.2, -0.15) is 0 Å². The smallest absolute Gasteiger partial charge is 0.252 e. The summed E-state index contributed by atoms with van der Waals surface area (Å²) in [6, 6.07) is 10.6. The number of rotatable bonds is 9. The molecule has 2 aliphatic rings. The maximum atomic E-state index is 12.4. The van der Waals surface area contributed by atoms with Gasteiger partial charge in [-0.1, -0.05) is 55.7 Å². The minimum Gasteiger partial charge on any atom is -0.506 e. The summed E-state index contributed by atoms with van der Waals surface area (Å²) in [5.41, 5.74) is 12.1. The van der Waals surface area contributed by atoms with Gasteiger partial charge < -0.3 is 15.6 Å². The van der Waals surface area contributed by atoms with Crippen LogP contribution in [0, 0.1) is 5.92 Å². The molecule has 1 amide bonds. The van der Waals surface area contributed by atoms with Gasteiger partial charge >= 0.3 is 0 Å². The maximum Gasteiger partial charge on any atom is 0.252 e. The summed E-state index contributed by atoms with van der Waals surface area (Å²) < 4.78 is 6.78. The Kier molecular flexibility index (Phi) is 7.39. The number of hydrogen-bond donors (Lipinski definition) is 2. The van der Waals surface area contributed by atoms with Crippen molar-refractivity contribution in [1.82, 2.24) is 0 Å². The molecule has 1 heterocycles. The van der Waals surface area contributed by atoms with Crippen molar-refractivity contribution >= 4 is 12.0 Å². The van der Waals surface area contributed by atoms with Crippen molar-refractivity contribution in [3.05, 3.63) is 75.4 Å². The van der Waals surface area contributed by atoms with Crippen LogP contribution in [0.15, 0.2) is 47.6 Å². The van der Waals surface area contributed by atoms with Crippen molar-refractivity contribution in [3.8, 4) is 11.5 Å². The highest BCUT2D eigenvalue weighted by Crippen LogP contribution is 2.49. The summed E-state index contributed by atoms with van der Waals surface area (Å²) in [5.74, 6) is 0.314. The normalized spacial score (nSPS) is 18.9. The Morgan fingerprint density at radius 3 is 2.49 bits per heavy atom. The highest BCUT2D eigenvalue weighted by atomic mass is 16.5. The Morgan fingerprint density at radius 1 is 1.20 bits per heavy atom. The zero-order chi connectivity index (χ0) is 25.2. The zero-order valence-electron chi connectivity index (χ0n) is 21.6. The molecule has 0 bridgehead atoms. The fourth-order valence-corrected chi connectivity index (χ4v) is 5.74. The van der Waals surface area contributed by atoms with Gasteiger partial charge in [0, 0.05) is 0 Å². The number of aromatic hydroxyl groups is 1. The fraction of sp³-hybridized carbons (Fsp3) is 0.452. The summed E-state index contributed by atoms with van der Waals surface area (Å²) in [6.45, 7) is 8.57. The highest BCUT2D eigenvalue weighted by molar-refractivity contribution is 5.99. The van der Waals surface area contributed by atoms with Gasteiger partial charge in [0.2, 0.25) is 0 Å². The number of benzene rings is 2. The van der Waals surface area contributed by atoms with E-state index in [0.717, 1.165) is 50.5 Å². The number of primary amides is 1. The van der Waals surface area contributed by atoms with E-state index in [1.165, 1.54) is 22.3 Å². The number of hydrogen-bond acceptors (Lipinski definition) is 3. The predicted molar refractivity (Wildman–Crippen MR) is 143 cm³/mol. The molecule has 0 spiro atoms. The van der Waals surface area contributed by atoms with Crippen molar-refractivity contribution in [3.63, 3.8) is 0 Å². The Hall–Kier alpha value is -3.01. The van der Waals surface area contributed by atoms with Gasteiger partial charge in [0.15, 0.2) is 0 Å². The number of amides is 1. The number of carbonyl (C=O) groups excluding carboxylic acids is 1. The lowest BCUT2D eigenvalue weighted by Crippen LogP contribution is -2.40. The lowest BCUT2D eigenvalue weighted by atomic mass is 9.77. The molecule has 3 N–H and O–H groups in total. The van der Waals surface area contributed by atoms with Crippen LogP contribution in [-0.4, -0.2) is 16.6 Å². The molecule has 1 aliphatic heterocycles. The van der Waals surface area contributed by atoms with Crippen molar-refractivity contribution in [1.29, 1.82) is 0 Å². The first-order chi connectivity index (χ1) is 16.7. The monoisotopic (exact) mass is 473 g/mol. The predicted octanol–water partition coefficient (Wildman–Crippen LogP) is 6.92. The van der Waals surface area contributed by atoms with Crippen LogP contribution >= 0.6 is 0 Å². The van der Waals surface area contributed by atoms with E-state index in [1.54, 1.807) is 0 Å². The molecule has 4 rings (SSSR count). The average Bonchev–Trinajstić information content (AvgIpc) is 3.22. The van der Waals surface area contributed by atoms with Crippen LogP contribution in [0.5, 0.6) is 11.5 Å². The standard InChI is InChI=1S/C31H39NO3/c1-5-6-7-14-23-18-27-25(29(33)28(23)30(32)34)19-26(31(4,35-27)15-10-11-20(2)3)24-16-21-12-8-9-13-22(21)17-24/h8-9,11-13,18-19,24,33H,5-7,10,14-17H2,1-4H3,(H2,32,34). The first-order valence-electron chi connectivity index (χ1n) is 13.0. The number of nitrogens with two attached hydrogens (primary N) is 1. The largest absolute Gasteiger partial charge is 0.506 e. The van der Waals surface area contributed by atoms with Crippen LogP contribution in [-0.2, 0) is 19.3 Å². The van der Waals surface area contributed by atoms with Gasteiger partial charge in [0.05, 0.1) is 11.1 Å². The molecule has 0 saturated carbocycles. The van der Waals surface area contributed by atoms with Crippen molar-refractivity contribution in [2.45, 2.75) is 84.7 Å². The molecule has 0 aromatic heterocycles. The van der Waals surface area contributed by atoms with Crippen LogP contribution in [0.1, 0.15) is 92.4 Å². The second kappa shape index (κ2) is 10.3. The van der Waals surface area contributed by atoms with Crippen LogP contribution in [0.3, 0.4) is 0 Å². The Labute approximate surface area is 209 Å². The first kappa shape index (κ1) is 25.1. The molecule has 1 aliphatic carbocycles. The third-order valence-corrected chi connectivity index (χ3v) is 7.59. The summed E-state index contributed by atoms with van der Waals surface area (Å²) in [7, 11) is 0. The van der Waals surface area contributed by atoms with E-state index in [0.29, 0.717) is 17.7 Å². The molecule has 4 heteroatoms. The van der Waals surface area contributed by atoms with Gasteiger partial charge in [-0.15, -0.1) is 0 Å². The van der Waals surface area contributed by atoms with E-state index in [2.05, 4.69) is 64.1 Å². The molecule has 4 nitrogen and oxygen atoms in total. The third-order valence-electron chi connectivity index (χ3n) is 7.59. The van der Waals surface area contributed by atoms with E-state index in [1.807, 2.05) is 6.07 Å². The molecule has 2 aromatic carbocycles. The minimum absolute atomic E-state index is 0.0409. The second-order valence-electron chi connectivity index (χ2n) is 10.6. The van der Waals surface area contributed by atoms with Gasteiger partial charge in [0.25, 0.3) is 5.91 Å². The molecule has 2 aromatic rings. The van der Waals surface area contributed by atoms with E-state index in [-0.39, 0.29) is 17.2 Å². The highest BCUT2D eigenvalue weighted by Gasteiger charge is 2.41. The third kappa shape index (κ3) is 5.17. The minimum atomic E-state index is -0.586. The Bertz CT molecular complexity index is 1150. The molecule has 1 atom stereocenters. The van der Waals surface area contributed by atoms with Gasteiger partial charge in [-0.3, -0.25) is 4.79 Å². The molecular formula is C31H39NO3. The SMILES string of the molecule is CCCCCc1cc2c(c(O)c1C(N)=O)C=C(C1Cc3ccccc3C1)C(C)(CCC=C(C)C)O2. The molecule has 0 fully saturated rings. The summed E-state index contributed by atoms with van der Waals surface area (Å²) in [6.07, 6.45) is 11.8. The number of unbranched alkanes of at least 4 members (excludes halogenated alkanes) is 2. The summed E-state index contributed by atoms with van der Waals surface area (Å²) >= 11 is 0. The fourth-order valence-electron chi connectivity index (χ4n) is 5.74. The molecule has 35 heavy (non-hydrogen) atoms. The molecule has 186 valence electrons. The molecule has 1 unspecified atom stereocenters. The van der Waals surface area contributed by atoms with Crippen molar-refractivity contribution in [2.24, 2.45) is 11.7 Å². The topological polar surface area (TPSA) is 72.5 Å². The number of aryl methyl sites for hydroxylation is 1. The van der Waals surface area contributed by atoms with Crippen LogP contribution in [0.2, 0.25) is 0 Å². The number of fused-ring (bicyclic) bond motifs is 2. The number of allylic oxidation sites excluding steroid dienone is 2. The Morgan fingerprint density at radius 2 is 1.89 bits per heavy atom. The van der Waals surface area contributed by atoms with E-state index in [9.17, 15) is 9.90 Å². The molecule has 0 radical (unpaired) electrons. The number of phenols is 1. The van der Waals surface area contributed by atoms with Crippen LogP contribution < -0.4 is 10.5 Å². The summed E-state index contributed by atoms with van der Waals surface area (Å²) in [5, 5.41) is 11.3. The molecule has 0 saturated heterocycles. The zero-order valence-corrected chi connectivity index (χ0v) is 21.6. The summed E-state index contributed by atoms with van der Waals surface area (Å²) in [4.78, 5) is 12.4. The lowest BCUT2D eigenvalue weighted by molar-refractivity contribution is 0.0992. The van der Waals surface area contributed by atoms with E-state index < -0.39 is 11.5 Å². The van der Waals surface area contributed by atoms with Gasteiger partial charge in [0.1, 0.15) is 17.1 Å². The second-order valence-corrected chi connectivity index (χ2v) is 10.6. The van der Waals surface area contributed by atoms with E-state index >= 15 is 0 Å². The average molecular weight is 474 g/mol. The van der Waals surface area contributed by atoms with Gasteiger partial charge in [-0.25, -0.2) is 0 Å². The van der Waals surface area contributed by atoms with Crippen LogP contribution in [0.25, 0.3) is 6.08 Å². The maximum absolute atomic E-state index is 12.4. The van der Waals surface area contributed by atoms with Crippen LogP contribution in [0.4, 0.5) is 0 Å². The number of ether oxygens (including phenoxy) is 1. The van der Waals surface area contributed by atoms with Crippen molar-refractivity contribution in [2.75, 3.05) is 0 Å². The lowest BCUT2D eigenvalue weighted by Gasteiger charge is -2.40. The van der Waals surface area contributed by atoms with Gasteiger partial charge in [-0.05, 0) is 99.6 Å². The number of carbonyl (C=O) groups is 1. The first-order valence-corrected chi connectivity index (χ1v) is 13.0.